The van der Waals surface area contributed by atoms with Gasteiger partial charge in [-0.1, -0.05) is 63.9 Å². The molecule has 0 aliphatic heterocycles. The van der Waals surface area contributed by atoms with Crippen molar-refractivity contribution in [1.29, 1.82) is 0 Å². The Hall–Kier alpha value is -0.530. The van der Waals surface area contributed by atoms with Crippen LogP contribution in [0.1, 0.15) is 45.6 Å². The molecular formula is C14H24ClN. The summed E-state index contributed by atoms with van der Waals surface area (Å²) >= 11 is 0. The predicted molar refractivity (Wildman–Crippen MR) is 73.9 cm³/mol. The van der Waals surface area contributed by atoms with Crippen LogP contribution >= 0.6 is 12.4 Å². The van der Waals surface area contributed by atoms with Gasteiger partial charge in [-0.25, -0.2) is 0 Å². The zero-order valence-electron chi connectivity index (χ0n) is 10.6. The second-order valence-electron chi connectivity index (χ2n) is 4.66. The molecule has 2 N–H and O–H groups in total. The fourth-order valence-corrected chi connectivity index (χ4v) is 1.98. The first-order valence-electron chi connectivity index (χ1n) is 5.95. The van der Waals surface area contributed by atoms with Gasteiger partial charge in [0.2, 0.25) is 0 Å². The molecule has 0 aliphatic rings. The Morgan fingerprint density at radius 3 is 2.19 bits per heavy atom. The number of halogens is 1. The van der Waals surface area contributed by atoms with E-state index in [4.69, 9.17) is 5.73 Å². The summed E-state index contributed by atoms with van der Waals surface area (Å²) in [6.45, 7) is 6.64. The number of rotatable bonds is 5. The average molecular weight is 242 g/mol. The fourth-order valence-electron chi connectivity index (χ4n) is 1.98. The summed E-state index contributed by atoms with van der Waals surface area (Å²) < 4.78 is 0. The standard InChI is InChI=1S/C14H23N.ClH/c1-4-5-11-14(15,12(2)3)13-9-7-6-8-10-13;/h6-10,12H,4-5,11,15H2,1-3H3;1H/t14-;/m1./s1. The van der Waals surface area contributed by atoms with Gasteiger partial charge in [0.25, 0.3) is 0 Å². The molecule has 0 radical (unpaired) electrons. The third-order valence-corrected chi connectivity index (χ3v) is 3.29. The number of unbranched alkanes of at least 4 members (excludes halogenated alkanes) is 1. The van der Waals surface area contributed by atoms with E-state index in [2.05, 4.69) is 45.0 Å². The SMILES string of the molecule is CCCC[C@](N)(c1ccccc1)C(C)C.Cl. The van der Waals surface area contributed by atoms with Crippen LogP contribution < -0.4 is 5.73 Å². The van der Waals surface area contributed by atoms with E-state index in [1.54, 1.807) is 0 Å². The predicted octanol–water partition coefficient (Wildman–Crippen LogP) is 4.11. The molecule has 1 aromatic carbocycles. The van der Waals surface area contributed by atoms with Gasteiger partial charge in [-0.2, -0.15) is 0 Å². The van der Waals surface area contributed by atoms with Crippen LogP contribution in [0.4, 0.5) is 0 Å². The summed E-state index contributed by atoms with van der Waals surface area (Å²) in [5.74, 6) is 0.478. The van der Waals surface area contributed by atoms with Crippen molar-refractivity contribution in [2.45, 2.75) is 45.6 Å². The van der Waals surface area contributed by atoms with Gasteiger partial charge in [0.1, 0.15) is 0 Å². The second kappa shape index (κ2) is 6.93. The first kappa shape index (κ1) is 15.5. The molecule has 1 rings (SSSR count). The summed E-state index contributed by atoms with van der Waals surface area (Å²) in [5.41, 5.74) is 7.66. The molecule has 0 aliphatic carbocycles. The summed E-state index contributed by atoms with van der Waals surface area (Å²) in [4.78, 5) is 0. The second-order valence-corrected chi connectivity index (χ2v) is 4.66. The molecule has 0 amide bonds. The van der Waals surface area contributed by atoms with E-state index in [1.165, 1.54) is 18.4 Å². The van der Waals surface area contributed by atoms with E-state index in [0.29, 0.717) is 5.92 Å². The molecule has 0 saturated heterocycles. The van der Waals surface area contributed by atoms with Crippen molar-refractivity contribution in [3.8, 4) is 0 Å². The lowest BCUT2D eigenvalue weighted by Crippen LogP contribution is -2.41. The highest BCUT2D eigenvalue weighted by Gasteiger charge is 2.29. The Balaban J connectivity index is 0.00000225. The van der Waals surface area contributed by atoms with Crippen molar-refractivity contribution in [2.75, 3.05) is 0 Å². The molecule has 0 unspecified atom stereocenters. The summed E-state index contributed by atoms with van der Waals surface area (Å²) in [6.07, 6.45) is 3.48. The Labute approximate surface area is 106 Å². The van der Waals surface area contributed by atoms with Gasteiger partial charge in [0, 0.05) is 5.54 Å². The molecule has 92 valence electrons. The number of benzene rings is 1. The van der Waals surface area contributed by atoms with Crippen LogP contribution in [-0.2, 0) is 5.54 Å². The maximum atomic E-state index is 6.55. The number of hydrogen-bond donors (Lipinski definition) is 1. The third-order valence-electron chi connectivity index (χ3n) is 3.29. The highest BCUT2D eigenvalue weighted by molar-refractivity contribution is 5.85. The highest BCUT2D eigenvalue weighted by Crippen LogP contribution is 2.31. The van der Waals surface area contributed by atoms with Crippen molar-refractivity contribution >= 4 is 12.4 Å². The Bertz CT molecular complexity index is 284. The van der Waals surface area contributed by atoms with Gasteiger partial charge in [-0.05, 0) is 17.9 Å². The molecule has 1 aromatic rings. The highest BCUT2D eigenvalue weighted by atomic mass is 35.5. The molecule has 1 atom stereocenters. The average Bonchev–Trinajstić information content (AvgIpc) is 2.27. The van der Waals surface area contributed by atoms with Crippen LogP contribution in [-0.4, -0.2) is 0 Å². The topological polar surface area (TPSA) is 26.0 Å². The van der Waals surface area contributed by atoms with Crippen molar-refractivity contribution in [3.05, 3.63) is 35.9 Å². The molecule has 0 aromatic heterocycles. The lowest BCUT2D eigenvalue weighted by atomic mass is 9.77. The van der Waals surface area contributed by atoms with Gasteiger partial charge in [-0.3, -0.25) is 0 Å². The number of hydrogen-bond acceptors (Lipinski definition) is 1. The summed E-state index contributed by atoms with van der Waals surface area (Å²) in [7, 11) is 0. The first-order chi connectivity index (χ1) is 7.11. The first-order valence-corrected chi connectivity index (χ1v) is 5.95. The van der Waals surface area contributed by atoms with Crippen LogP contribution in [0.25, 0.3) is 0 Å². The van der Waals surface area contributed by atoms with Gasteiger partial charge < -0.3 is 5.73 Å². The van der Waals surface area contributed by atoms with Gasteiger partial charge in [0.15, 0.2) is 0 Å². The molecule has 0 spiro atoms. The van der Waals surface area contributed by atoms with Crippen LogP contribution in [0.3, 0.4) is 0 Å². The number of nitrogens with two attached hydrogens (primary N) is 1. The van der Waals surface area contributed by atoms with E-state index in [-0.39, 0.29) is 17.9 Å². The van der Waals surface area contributed by atoms with Gasteiger partial charge >= 0.3 is 0 Å². The van der Waals surface area contributed by atoms with E-state index in [1.807, 2.05) is 6.07 Å². The molecule has 16 heavy (non-hydrogen) atoms. The molecule has 2 heteroatoms. The summed E-state index contributed by atoms with van der Waals surface area (Å²) in [6, 6.07) is 10.5. The minimum Gasteiger partial charge on any atom is -0.321 e. The van der Waals surface area contributed by atoms with Crippen molar-refractivity contribution in [2.24, 2.45) is 11.7 Å². The quantitative estimate of drug-likeness (QED) is 0.825. The van der Waals surface area contributed by atoms with Crippen LogP contribution in [0.5, 0.6) is 0 Å². The van der Waals surface area contributed by atoms with Crippen LogP contribution in [0, 0.1) is 5.92 Å². The molecule has 0 saturated carbocycles. The van der Waals surface area contributed by atoms with Crippen molar-refractivity contribution in [1.82, 2.24) is 0 Å². The summed E-state index contributed by atoms with van der Waals surface area (Å²) in [5, 5.41) is 0. The largest absolute Gasteiger partial charge is 0.321 e. The third kappa shape index (κ3) is 3.50. The molecule has 0 heterocycles. The van der Waals surface area contributed by atoms with Crippen molar-refractivity contribution < 1.29 is 0 Å². The van der Waals surface area contributed by atoms with E-state index >= 15 is 0 Å². The monoisotopic (exact) mass is 241 g/mol. The molecular weight excluding hydrogens is 218 g/mol. The van der Waals surface area contributed by atoms with E-state index in [0.717, 1.165) is 6.42 Å². The fraction of sp³-hybridized carbons (Fsp3) is 0.571. The zero-order chi connectivity index (χ0) is 11.3. The van der Waals surface area contributed by atoms with Crippen LogP contribution in [0.15, 0.2) is 30.3 Å². The molecule has 1 nitrogen and oxygen atoms in total. The maximum Gasteiger partial charge on any atom is 0.0432 e. The normalized spacial score (nSPS) is 14.3. The van der Waals surface area contributed by atoms with Gasteiger partial charge in [0.05, 0.1) is 0 Å². The van der Waals surface area contributed by atoms with E-state index in [9.17, 15) is 0 Å². The minimum absolute atomic E-state index is 0. The van der Waals surface area contributed by atoms with E-state index < -0.39 is 0 Å². The smallest absolute Gasteiger partial charge is 0.0432 e. The zero-order valence-corrected chi connectivity index (χ0v) is 11.4. The Morgan fingerprint density at radius 1 is 1.19 bits per heavy atom. The Morgan fingerprint density at radius 2 is 1.75 bits per heavy atom. The van der Waals surface area contributed by atoms with Crippen LogP contribution in [0.2, 0.25) is 0 Å². The Kier molecular flexibility index (Phi) is 6.70. The lowest BCUT2D eigenvalue weighted by Gasteiger charge is -2.34. The van der Waals surface area contributed by atoms with Gasteiger partial charge in [-0.15, -0.1) is 12.4 Å². The lowest BCUT2D eigenvalue weighted by molar-refractivity contribution is 0.286. The minimum atomic E-state index is -0.155. The molecule has 0 fully saturated rings. The molecule has 0 bridgehead atoms. The van der Waals surface area contributed by atoms with Crippen molar-refractivity contribution in [3.63, 3.8) is 0 Å². The maximum absolute atomic E-state index is 6.55.